The Labute approximate surface area is 146 Å². The minimum atomic E-state index is -0.238. The monoisotopic (exact) mass is 329 g/mol. The van der Waals surface area contributed by atoms with Gasteiger partial charge in [0, 0.05) is 18.5 Å². The van der Waals surface area contributed by atoms with E-state index in [-0.39, 0.29) is 16.7 Å². The van der Waals surface area contributed by atoms with Crippen LogP contribution in [0, 0.1) is 5.41 Å². The van der Waals surface area contributed by atoms with Crippen LogP contribution in [-0.2, 0) is 10.2 Å². The third-order valence-corrected chi connectivity index (χ3v) is 6.13. The van der Waals surface area contributed by atoms with Gasteiger partial charge in [-0.25, -0.2) is 0 Å². The Morgan fingerprint density at radius 3 is 2.25 bits per heavy atom. The highest BCUT2D eigenvalue weighted by Gasteiger charge is 2.41. The number of nitrogens with one attached hydrogen (secondary N) is 1. The maximum absolute atomic E-state index is 12.8. The second-order valence-corrected chi connectivity index (χ2v) is 8.18. The van der Waals surface area contributed by atoms with Gasteiger partial charge in [-0.15, -0.1) is 0 Å². The molecule has 4 nitrogen and oxygen atoms in total. The maximum atomic E-state index is 12.8. The van der Waals surface area contributed by atoms with Crippen molar-refractivity contribution in [3.05, 3.63) is 35.9 Å². The van der Waals surface area contributed by atoms with Gasteiger partial charge in [0.05, 0.1) is 5.41 Å². The summed E-state index contributed by atoms with van der Waals surface area (Å²) >= 11 is 0. The summed E-state index contributed by atoms with van der Waals surface area (Å²) in [6, 6.07) is 10.8. The molecule has 1 unspecified atom stereocenters. The molecule has 0 spiro atoms. The number of likely N-dealkylation sites (tertiary alicyclic amines) is 2. The first-order valence-electron chi connectivity index (χ1n) is 9.15. The average molecular weight is 329 g/mol. The standard InChI is InChI=1S/C20H31N3O/c1-19(9-12-23(3)16-19)18(24)21-15-20(10-13-22(2)14-11-20)17-7-5-4-6-8-17/h4-8H,9-16H2,1-3H3,(H,21,24). The van der Waals surface area contributed by atoms with Crippen LogP contribution in [0.2, 0.25) is 0 Å². The lowest BCUT2D eigenvalue weighted by molar-refractivity contribution is -0.129. The van der Waals surface area contributed by atoms with Crippen molar-refractivity contribution in [1.29, 1.82) is 0 Å². The highest BCUT2D eigenvalue weighted by molar-refractivity contribution is 5.83. The van der Waals surface area contributed by atoms with Gasteiger partial charge in [0.25, 0.3) is 0 Å². The highest BCUT2D eigenvalue weighted by atomic mass is 16.2. The second-order valence-electron chi connectivity index (χ2n) is 8.18. The van der Waals surface area contributed by atoms with Crippen LogP contribution in [0.15, 0.2) is 30.3 Å². The van der Waals surface area contributed by atoms with Gasteiger partial charge >= 0.3 is 0 Å². The van der Waals surface area contributed by atoms with E-state index in [1.165, 1.54) is 5.56 Å². The first kappa shape index (κ1) is 17.4. The van der Waals surface area contributed by atoms with Gasteiger partial charge in [0.2, 0.25) is 5.91 Å². The zero-order chi connectivity index (χ0) is 17.2. The van der Waals surface area contributed by atoms with Crippen LogP contribution in [-0.4, -0.2) is 62.5 Å². The predicted molar refractivity (Wildman–Crippen MR) is 98.1 cm³/mol. The maximum Gasteiger partial charge on any atom is 0.227 e. The van der Waals surface area contributed by atoms with E-state index in [9.17, 15) is 4.79 Å². The zero-order valence-corrected chi connectivity index (χ0v) is 15.3. The van der Waals surface area contributed by atoms with E-state index in [1.54, 1.807) is 0 Å². The normalized spacial score (nSPS) is 28.0. The van der Waals surface area contributed by atoms with Crippen LogP contribution < -0.4 is 5.32 Å². The topological polar surface area (TPSA) is 35.6 Å². The number of carbonyl (C=O) groups is 1. The van der Waals surface area contributed by atoms with Crippen LogP contribution in [0.3, 0.4) is 0 Å². The van der Waals surface area contributed by atoms with E-state index in [2.05, 4.69) is 66.5 Å². The molecule has 132 valence electrons. The molecule has 3 rings (SSSR count). The molecule has 24 heavy (non-hydrogen) atoms. The molecule has 0 radical (unpaired) electrons. The van der Waals surface area contributed by atoms with E-state index in [1.807, 2.05) is 0 Å². The van der Waals surface area contributed by atoms with E-state index < -0.39 is 0 Å². The minimum Gasteiger partial charge on any atom is -0.355 e. The largest absolute Gasteiger partial charge is 0.355 e. The van der Waals surface area contributed by atoms with Gasteiger partial charge in [-0.2, -0.15) is 0 Å². The van der Waals surface area contributed by atoms with Crippen molar-refractivity contribution in [3.63, 3.8) is 0 Å². The summed E-state index contributed by atoms with van der Waals surface area (Å²) in [6.07, 6.45) is 3.16. The van der Waals surface area contributed by atoms with E-state index in [0.29, 0.717) is 0 Å². The fourth-order valence-corrected chi connectivity index (χ4v) is 4.25. The predicted octanol–water partition coefficient (Wildman–Crippen LogP) is 2.11. The summed E-state index contributed by atoms with van der Waals surface area (Å²) in [4.78, 5) is 17.5. The van der Waals surface area contributed by atoms with Gasteiger partial charge in [0.15, 0.2) is 0 Å². The molecule has 2 saturated heterocycles. The molecule has 0 aromatic heterocycles. The van der Waals surface area contributed by atoms with Crippen LogP contribution in [0.1, 0.15) is 31.7 Å². The lowest BCUT2D eigenvalue weighted by atomic mass is 9.72. The third-order valence-electron chi connectivity index (χ3n) is 6.13. The van der Waals surface area contributed by atoms with Crippen LogP contribution in [0.5, 0.6) is 0 Å². The van der Waals surface area contributed by atoms with Crippen molar-refractivity contribution >= 4 is 5.91 Å². The third kappa shape index (κ3) is 3.50. The van der Waals surface area contributed by atoms with Crippen molar-refractivity contribution in [1.82, 2.24) is 15.1 Å². The van der Waals surface area contributed by atoms with Crippen molar-refractivity contribution in [2.45, 2.75) is 31.6 Å². The molecule has 0 aliphatic carbocycles. The molecule has 2 aliphatic heterocycles. The Kier molecular flexibility index (Phi) is 4.97. The Morgan fingerprint density at radius 2 is 1.67 bits per heavy atom. The first-order valence-corrected chi connectivity index (χ1v) is 9.15. The Bertz CT molecular complexity index is 566. The number of carbonyl (C=O) groups excluding carboxylic acids is 1. The lowest BCUT2D eigenvalue weighted by Crippen LogP contribution is -2.50. The molecule has 1 aromatic rings. The Morgan fingerprint density at radius 1 is 1.04 bits per heavy atom. The van der Waals surface area contributed by atoms with Crippen molar-refractivity contribution < 1.29 is 4.79 Å². The molecule has 2 heterocycles. The molecular formula is C20H31N3O. The first-order chi connectivity index (χ1) is 11.4. The van der Waals surface area contributed by atoms with Gasteiger partial charge in [0.1, 0.15) is 0 Å². The summed E-state index contributed by atoms with van der Waals surface area (Å²) in [5.41, 5.74) is 1.20. The lowest BCUT2D eigenvalue weighted by Gasteiger charge is -2.42. The molecule has 1 N–H and O–H groups in total. The number of piperidine rings is 1. The van der Waals surface area contributed by atoms with E-state index in [4.69, 9.17) is 0 Å². The van der Waals surface area contributed by atoms with Crippen molar-refractivity contribution in [2.24, 2.45) is 5.41 Å². The fraction of sp³-hybridized carbons (Fsp3) is 0.650. The number of hydrogen-bond donors (Lipinski definition) is 1. The summed E-state index contributed by atoms with van der Waals surface area (Å²) in [5.74, 6) is 0.223. The molecule has 2 fully saturated rings. The number of rotatable bonds is 4. The summed E-state index contributed by atoms with van der Waals surface area (Å²) in [7, 11) is 4.28. The Hall–Kier alpha value is -1.39. The summed E-state index contributed by atoms with van der Waals surface area (Å²) < 4.78 is 0. The molecule has 4 heteroatoms. The Balaban J connectivity index is 1.72. The van der Waals surface area contributed by atoms with E-state index in [0.717, 1.165) is 52.0 Å². The zero-order valence-electron chi connectivity index (χ0n) is 15.3. The summed E-state index contributed by atoms with van der Waals surface area (Å²) in [5, 5.41) is 3.33. The molecule has 1 amide bonds. The number of amides is 1. The average Bonchev–Trinajstić information content (AvgIpc) is 2.95. The minimum absolute atomic E-state index is 0.0737. The SMILES string of the molecule is CN1CCC(CNC(=O)C2(C)CCN(C)C2)(c2ccccc2)CC1. The fourth-order valence-electron chi connectivity index (χ4n) is 4.25. The number of benzene rings is 1. The van der Waals surface area contributed by atoms with Gasteiger partial charge in [-0.1, -0.05) is 30.3 Å². The molecule has 0 saturated carbocycles. The van der Waals surface area contributed by atoms with Gasteiger partial charge in [-0.05, 0) is 65.5 Å². The number of hydrogen-bond acceptors (Lipinski definition) is 3. The second kappa shape index (κ2) is 6.85. The molecule has 1 aromatic carbocycles. The van der Waals surface area contributed by atoms with E-state index >= 15 is 0 Å². The van der Waals surface area contributed by atoms with Crippen LogP contribution in [0.4, 0.5) is 0 Å². The number of nitrogens with zero attached hydrogens (tertiary/aromatic N) is 2. The summed E-state index contributed by atoms with van der Waals surface area (Å²) in [6.45, 7) is 6.91. The van der Waals surface area contributed by atoms with Crippen LogP contribution in [0.25, 0.3) is 0 Å². The molecule has 2 aliphatic rings. The quantitative estimate of drug-likeness (QED) is 0.919. The van der Waals surface area contributed by atoms with Gasteiger partial charge in [-0.3, -0.25) is 4.79 Å². The highest BCUT2D eigenvalue weighted by Crippen LogP contribution is 2.35. The van der Waals surface area contributed by atoms with Crippen LogP contribution >= 0.6 is 0 Å². The molecule has 1 atom stereocenters. The van der Waals surface area contributed by atoms with Crippen molar-refractivity contribution in [2.75, 3.05) is 46.8 Å². The van der Waals surface area contributed by atoms with Gasteiger partial charge < -0.3 is 15.1 Å². The molecule has 0 bridgehead atoms. The smallest absolute Gasteiger partial charge is 0.227 e. The molecular weight excluding hydrogens is 298 g/mol. The van der Waals surface area contributed by atoms with Crippen molar-refractivity contribution in [3.8, 4) is 0 Å².